The Hall–Kier alpha value is -1.71. The van der Waals surface area contributed by atoms with Gasteiger partial charge in [-0.3, -0.25) is 4.79 Å². The van der Waals surface area contributed by atoms with Crippen molar-refractivity contribution >= 4 is 11.8 Å². The van der Waals surface area contributed by atoms with E-state index >= 15 is 0 Å². The van der Waals surface area contributed by atoms with Gasteiger partial charge >= 0.3 is 5.97 Å². The molecule has 0 amide bonds. The molecule has 74 valence electrons. The second-order valence-corrected chi connectivity index (χ2v) is 2.96. The molecule has 14 heavy (non-hydrogen) atoms. The molecule has 0 unspecified atom stereocenters. The highest BCUT2D eigenvalue weighted by Crippen LogP contribution is 1.96. The van der Waals surface area contributed by atoms with Gasteiger partial charge in [0.05, 0.1) is 7.11 Å². The number of nitrogens with zero attached hydrogens (tertiary/aromatic N) is 1. The number of carbonyl (C=O) groups excluding carboxylic acids is 2. The van der Waals surface area contributed by atoms with Crippen LogP contribution in [0.25, 0.3) is 0 Å². The maximum atomic E-state index is 11.1. The minimum atomic E-state index is -0.400. The highest BCUT2D eigenvalue weighted by molar-refractivity contribution is 5.88. The van der Waals surface area contributed by atoms with Gasteiger partial charge in [-0.15, -0.1) is 0 Å². The van der Waals surface area contributed by atoms with Crippen LogP contribution in [-0.4, -0.2) is 18.9 Å². The normalized spacial score (nSPS) is 9.57. The predicted molar refractivity (Wildman–Crippen MR) is 48.7 cm³/mol. The number of Topliss-reactive ketones (excluding diaryl/α,β-unsaturated/α-hetero) is 1. The Bertz CT molecular complexity index is 360. The number of ether oxygens (including phenoxy) is 1. The minimum absolute atomic E-state index is 0.0389. The van der Waals surface area contributed by atoms with Crippen molar-refractivity contribution in [2.24, 2.45) is 0 Å². The summed E-state index contributed by atoms with van der Waals surface area (Å²) in [7, 11) is 1.32. The van der Waals surface area contributed by atoms with E-state index in [0.717, 1.165) is 0 Å². The Kier molecular flexibility index (Phi) is 3.34. The fraction of sp³-hybridized carbons (Fsp3) is 0.300. The average Bonchev–Trinajstić information content (AvgIpc) is 2.16. The van der Waals surface area contributed by atoms with Crippen LogP contribution in [0.4, 0.5) is 0 Å². The summed E-state index contributed by atoms with van der Waals surface area (Å²) in [5, 5.41) is 0. The lowest BCUT2D eigenvalue weighted by Gasteiger charge is -1.97. The van der Waals surface area contributed by atoms with Crippen LogP contribution in [0.5, 0.6) is 0 Å². The molecule has 0 aromatic carbocycles. The van der Waals surface area contributed by atoms with Crippen LogP contribution in [-0.2, 0) is 16.1 Å². The molecule has 0 atom stereocenters. The number of rotatable bonds is 3. The molecule has 0 spiro atoms. The molecule has 0 radical (unpaired) electrons. The number of hydrogen-bond acceptors (Lipinski definition) is 3. The summed E-state index contributed by atoms with van der Waals surface area (Å²) >= 11 is 0. The largest absolute Gasteiger partial charge is 0.465 e. The molecule has 0 aliphatic heterocycles. The smallest absolute Gasteiger partial charge is 0.343 e. The Balaban J connectivity index is 2.89. The fourth-order valence-electron chi connectivity index (χ4n) is 1.12. The molecule has 0 saturated carbocycles. The predicted octanol–water partition coefficient (Wildman–Crippen LogP) is 0.350. The van der Waals surface area contributed by atoms with E-state index in [4.69, 9.17) is 0 Å². The third-order valence-electron chi connectivity index (χ3n) is 1.68. The molecule has 0 aliphatic carbocycles. The maximum absolute atomic E-state index is 11.1. The first-order valence-corrected chi connectivity index (χ1v) is 4.20. The van der Waals surface area contributed by atoms with E-state index in [-0.39, 0.29) is 12.3 Å². The molecule has 0 fully saturated rings. The van der Waals surface area contributed by atoms with Gasteiger partial charge in [-0.1, -0.05) is 0 Å². The number of pyridine rings is 1. The van der Waals surface area contributed by atoms with E-state index in [1.807, 2.05) is 0 Å². The van der Waals surface area contributed by atoms with E-state index in [1.54, 1.807) is 29.1 Å². The van der Waals surface area contributed by atoms with E-state index in [2.05, 4.69) is 4.74 Å². The number of carbonyl (C=O) groups is 2. The van der Waals surface area contributed by atoms with Crippen LogP contribution < -0.4 is 4.57 Å². The van der Waals surface area contributed by atoms with Crippen molar-refractivity contribution in [3.63, 3.8) is 0 Å². The summed E-state index contributed by atoms with van der Waals surface area (Å²) in [5.41, 5.74) is 0.441. The first-order chi connectivity index (χ1) is 6.63. The zero-order chi connectivity index (χ0) is 10.6. The quantitative estimate of drug-likeness (QED) is 0.515. The summed E-state index contributed by atoms with van der Waals surface area (Å²) in [4.78, 5) is 22.0. The van der Waals surface area contributed by atoms with Gasteiger partial charge in [-0.2, -0.15) is 4.57 Å². The standard InChI is InChI=1S/C10H12NO3/c1-8(12)6-11-5-3-4-9(7-11)10(13)14-2/h3-5,7H,6H2,1-2H3/q+1. The van der Waals surface area contributed by atoms with Crippen LogP contribution in [0.15, 0.2) is 24.5 Å². The van der Waals surface area contributed by atoms with Crippen LogP contribution in [0.3, 0.4) is 0 Å². The summed E-state index contributed by atoms with van der Waals surface area (Å²) in [6.45, 7) is 1.77. The van der Waals surface area contributed by atoms with Crippen molar-refractivity contribution in [3.8, 4) is 0 Å². The van der Waals surface area contributed by atoms with Crippen LogP contribution >= 0.6 is 0 Å². The SMILES string of the molecule is COC(=O)c1ccc[n+](CC(C)=O)c1. The van der Waals surface area contributed by atoms with E-state index < -0.39 is 5.97 Å². The van der Waals surface area contributed by atoms with Crippen molar-refractivity contribution in [3.05, 3.63) is 30.1 Å². The molecular weight excluding hydrogens is 182 g/mol. The lowest BCUT2D eigenvalue weighted by molar-refractivity contribution is -0.684. The second-order valence-electron chi connectivity index (χ2n) is 2.96. The number of aromatic nitrogens is 1. The fourth-order valence-corrected chi connectivity index (χ4v) is 1.12. The first kappa shape index (κ1) is 10.4. The molecule has 1 aromatic heterocycles. The molecule has 0 N–H and O–H groups in total. The molecule has 4 heteroatoms. The summed E-state index contributed by atoms with van der Waals surface area (Å²) in [5.74, 6) is -0.361. The highest BCUT2D eigenvalue weighted by atomic mass is 16.5. The summed E-state index contributed by atoms with van der Waals surface area (Å²) < 4.78 is 6.21. The Morgan fingerprint density at radius 3 is 2.79 bits per heavy atom. The topological polar surface area (TPSA) is 47.2 Å². The lowest BCUT2D eigenvalue weighted by Crippen LogP contribution is -2.37. The van der Waals surface area contributed by atoms with Gasteiger partial charge in [0.25, 0.3) is 0 Å². The first-order valence-electron chi connectivity index (χ1n) is 4.20. The van der Waals surface area contributed by atoms with Gasteiger partial charge in [0.1, 0.15) is 5.56 Å². The molecule has 1 rings (SSSR count). The number of methoxy groups -OCH3 is 1. The minimum Gasteiger partial charge on any atom is -0.465 e. The van der Waals surface area contributed by atoms with Crippen LogP contribution in [0.1, 0.15) is 17.3 Å². The number of esters is 1. The molecule has 4 nitrogen and oxygen atoms in total. The molecular formula is C10H12NO3+. The number of ketones is 1. The molecule has 1 heterocycles. The summed E-state index contributed by atoms with van der Waals surface area (Å²) in [6.07, 6.45) is 3.32. The van der Waals surface area contributed by atoms with E-state index in [1.165, 1.54) is 14.0 Å². The Morgan fingerprint density at radius 2 is 2.21 bits per heavy atom. The third kappa shape index (κ3) is 2.65. The van der Waals surface area contributed by atoms with Gasteiger partial charge < -0.3 is 4.74 Å². The molecule has 0 bridgehead atoms. The maximum Gasteiger partial charge on any atom is 0.343 e. The summed E-state index contributed by atoms with van der Waals surface area (Å²) in [6, 6.07) is 3.34. The van der Waals surface area contributed by atoms with Gasteiger partial charge in [0.2, 0.25) is 6.54 Å². The lowest BCUT2D eigenvalue weighted by atomic mass is 10.3. The van der Waals surface area contributed by atoms with Gasteiger partial charge in [0.15, 0.2) is 18.2 Å². The highest BCUT2D eigenvalue weighted by Gasteiger charge is 2.11. The Morgan fingerprint density at radius 1 is 1.50 bits per heavy atom. The zero-order valence-electron chi connectivity index (χ0n) is 8.19. The van der Waals surface area contributed by atoms with Crippen molar-refractivity contribution in [2.75, 3.05) is 7.11 Å². The number of hydrogen-bond donors (Lipinski definition) is 0. The second kappa shape index (κ2) is 4.50. The van der Waals surface area contributed by atoms with Crippen LogP contribution in [0.2, 0.25) is 0 Å². The third-order valence-corrected chi connectivity index (χ3v) is 1.68. The van der Waals surface area contributed by atoms with Crippen molar-refractivity contribution in [1.82, 2.24) is 0 Å². The Labute approximate surface area is 82.1 Å². The van der Waals surface area contributed by atoms with Crippen LogP contribution in [0, 0.1) is 0 Å². The van der Waals surface area contributed by atoms with Crippen molar-refractivity contribution in [1.29, 1.82) is 0 Å². The molecule has 1 aromatic rings. The molecule has 0 aliphatic rings. The van der Waals surface area contributed by atoms with E-state index in [9.17, 15) is 9.59 Å². The van der Waals surface area contributed by atoms with Gasteiger partial charge in [0, 0.05) is 13.0 Å². The molecule has 0 saturated heterocycles. The monoisotopic (exact) mass is 194 g/mol. The van der Waals surface area contributed by atoms with E-state index in [0.29, 0.717) is 5.56 Å². The average molecular weight is 194 g/mol. The zero-order valence-corrected chi connectivity index (χ0v) is 8.19. The van der Waals surface area contributed by atoms with Gasteiger partial charge in [-0.25, -0.2) is 4.79 Å². The van der Waals surface area contributed by atoms with Gasteiger partial charge in [-0.05, 0) is 6.07 Å². The van der Waals surface area contributed by atoms with Crippen molar-refractivity contribution < 1.29 is 18.9 Å². The van der Waals surface area contributed by atoms with Crippen molar-refractivity contribution in [2.45, 2.75) is 13.5 Å².